The van der Waals surface area contributed by atoms with E-state index in [9.17, 15) is 18.3 Å². The molecule has 3 atom stereocenters. The lowest BCUT2D eigenvalue weighted by Gasteiger charge is -2.29. The Morgan fingerprint density at radius 1 is 1.20 bits per heavy atom. The Morgan fingerprint density at radius 2 is 1.90 bits per heavy atom. The van der Waals surface area contributed by atoms with Crippen molar-refractivity contribution in [1.29, 1.82) is 0 Å². The van der Waals surface area contributed by atoms with Crippen LogP contribution in [0, 0.1) is 5.92 Å². The third-order valence-electron chi connectivity index (χ3n) is 3.83. The Hall–Kier alpha value is -1.07. The zero-order valence-corrected chi connectivity index (χ0v) is 11.2. The molecule has 0 heterocycles. The first-order valence-corrected chi connectivity index (χ1v) is 7.00. The summed E-state index contributed by atoms with van der Waals surface area (Å²) < 4.78 is 39.4. The molecule has 1 saturated carbocycles. The molecule has 1 aliphatic rings. The molecule has 0 saturated heterocycles. The lowest BCUT2D eigenvalue weighted by atomic mass is 9.87. The van der Waals surface area contributed by atoms with Crippen molar-refractivity contribution in [2.24, 2.45) is 5.92 Å². The van der Waals surface area contributed by atoms with Crippen LogP contribution in [-0.4, -0.2) is 23.9 Å². The number of hydrogen-bond acceptors (Lipinski definition) is 2. The van der Waals surface area contributed by atoms with Crippen molar-refractivity contribution in [3.63, 3.8) is 0 Å². The van der Waals surface area contributed by atoms with Gasteiger partial charge in [-0.1, -0.05) is 36.8 Å². The van der Waals surface area contributed by atoms with Crippen LogP contribution in [0.2, 0.25) is 0 Å². The summed E-state index contributed by atoms with van der Waals surface area (Å²) in [5.74, 6) is 0.118. The zero-order valence-electron chi connectivity index (χ0n) is 11.2. The highest BCUT2D eigenvalue weighted by atomic mass is 19.4. The van der Waals surface area contributed by atoms with E-state index in [1.54, 1.807) is 18.2 Å². The number of hydrogen-bond donors (Lipinski definition) is 2. The standard InChI is InChI=1S/C15H20F3NO/c16-15(17,18)14(12-6-2-1-3-7-12)19-10-11-5-4-8-13(20)9-11/h1-3,6-7,11,13-14,19-20H,4-5,8-10H2. The number of alkyl halides is 3. The summed E-state index contributed by atoms with van der Waals surface area (Å²) in [7, 11) is 0. The number of aliphatic hydroxyl groups excluding tert-OH is 1. The van der Waals surface area contributed by atoms with Gasteiger partial charge in [-0.15, -0.1) is 0 Å². The van der Waals surface area contributed by atoms with E-state index >= 15 is 0 Å². The van der Waals surface area contributed by atoms with Crippen molar-refractivity contribution in [3.8, 4) is 0 Å². The molecule has 1 aliphatic carbocycles. The van der Waals surface area contributed by atoms with E-state index in [0.29, 0.717) is 6.42 Å². The molecule has 2 rings (SSSR count). The lowest BCUT2D eigenvalue weighted by Crippen LogP contribution is -2.38. The minimum Gasteiger partial charge on any atom is -0.393 e. The van der Waals surface area contributed by atoms with Crippen molar-refractivity contribution in [2.75, 3.05) is 6.54 Å². The van der Waals surface area contributed by atoms with Crippen LogP contribution in [0.15, 0.2) is 30.3 Å². The first-order valence-electron chi connectivity index (χ1n) is 7.00. The first-order chi connectivity index (χ1) is 9.47. The maximum absolute atomic E-state index is 13.1. The third-order valence-corrected chi connectivity index (χ3v) is 3.83. The van der Waals surface area contributed by atoms with Gasteiger partial charge in [-0.05, 0) is 37.3 Å². The Kier molecular flexibility index (Phi) is 5.05. The summed E-state index contributed by atoms with van der Waals surface area (Å²) in [6.45, 7) is 0.288. The Balaban J connectivity index is 1.98. The van der Waals surface area contributed by atoms with E-state index in [2.05, 4.69) is 5.32 Å². The number of benzene rings is 1. The van der Waals surface area contributed by atoms with Gasteiger partial charge in [-0.25, -0.2) is 0 Å². The van der Waals surface area contributed by atoms with Crippen LogP contribution in [0.25, 0.3) is 0 Å². The molecule has 1 aromatic carbocycles. The Bertz CT molecular complexity index is 407. The van der Waals surface area contributed by atoms with Gasteiger partial charge in [-0.2, -0.15) is 13.2 Å². The fourth-order valence-electron chi connectivity index (χ4n) is 2.80. The van der Waals surface area contributed by atoms with E-state index in [1.165, 1.54) is 12.1 Å². The summed E-state index contributed by atoms with van der Waals surface area (Å²) in [5, 5.41) is 12.2. The quantitative estimate of drug-likeness (QED) is 0.889. The SMILES string of the molecule is OC1CCCC(CNC(c2ccccc2)C(F)(F)F)C1. The molecule has 3 unspecified atom stereocenters. The number of nitrogens with one attached hydrogen (secondary N) is 1. The maximum Gasteiger partial charge on any atom is 0.407 e. The highest BCUT2D eigenvalue weighted by molar-refractivity contribution is 5.20. The predicted molar refractivity (Wildman–Crippen MR) is 71.2 cm³/mol. The second kappa shape index (κ2) is 6.59. The van der Waals surface area contributed by atoms with Crippen LogP contribution in [0.3, 0.4) is 0 Å². The monoisotopic (exact) mass is 287 g/mol. The van der Waals surface area contributed by atoms with Crippen LogP contribution in [0.4, 0.5) is 13.2 Å². The van der Waals surface area contributed by atoms with Crippen molar-refractivity contribution < 1.29 is 18.3 Å². The van der Waals surface area contributed by atoms with Gasteiger partial charge in [0.15, 0.2) is 0 Å². The molecule has 0 aromatic heterocycles. The van der Waals surface area contributed by atoms with E-state index in [0.717, 1.165) is 19.3 Å². The molecule has 2 N–H and O–H groups in total. The second-order valence-electron chi connectivity index (χ2n) is 5.48. The minimum atomic E-state index is -4.31. The van der Waals surface area contributed by atoms with E-state index in [1.807, 2.05) is 0 Å². The molecule has 1 aromatic rings. The van der Waals surface area contributed by atoms with Crippen LogP contribution in [0.5, 0.6) is 0 Å². The summed E-state index contributed by atoms with van der Waals surface area (Å²) in [4.78, 5) is 0. The van der Waals surface area contributed by atoms with Crippen molar-refractivity contribution in [2.45, 2.75) is 44.0 Å². The van der Waals surface area contributed by atoms with Crippen LogP contribution < -0.4 is 5.32 Å². The fraction of sp³-hybridized carbons (Fsp3) is 0.600. The van der Waals surface area contributed by atoms with Gasteiger partial charge >= 0.3 is 6.18 Å². The van der Waals surface area contributed by atoms with Gasteiger partial charge in [0, 0.05) is 0 Å². The van der Waals surface area contributed by atoms with Crippen molar-refractivity contribution in [1.82, 2.24) is 5.32 Å². The van der Waals surface area contributed by atoms with Crippen LogP contribution in [-0.2, 0) is 0 Å². The summed E-state index contributed by atoms with van der Waals surface area (Å²) in [6, 6.07) is 6.26. The molecule has 2 nitrogen and oxygen atoms in total. The topological polar surface area (TPSA) is 32.3 Å². The Labute approximate surface area is 117 Å². The minimum absolute atomic E-state index is 0.118. The van der Waals surface area contributed by atoms with E-state index < -0.39 is 12.2 Å². The highest BCUT2D eigenvalue weighted by Crippen LogP contribution is 2.33. The lowest BCUT2D eigenvalue weighted by molar-refractivity contribution is -0.158. The van der Waals surface area contributed by atoms with Crippen molar-refractivity contribution >= 4 is 0 Å². The molecule has 112 valence electrons. The predicted octanol–water partition coefficient (Wildman–Crippen LogP) is 3.43. The van der Waals surface area contributed by atoms with Gasteiger partial charge in [-0.3, -0.25) is 0 Å². The maximum atomic E-state index is 13.1. The zero-order chi connectivity index (χ0) is 14.6. The fourth-order valence-corrected chi connectivity index (χ4v) is 2.80. The van der Waals surface area contributed by atoms with E-state index in [-0.39, 0.29) is 24.1 Å². The molecule has 0 aliphatic heterocycles. The second-order valence-corrected chi connectivity index (χ2v) is 5.48. The number of halogens is 3. The smallest absolute Gasteiger partial charge is 0.393 e. The molecule has 0 amide bonds. The summed E-state index contributed by atoms with van der Waals surface area (Å²) in [6.07, 6.45) is -1.56. The Morgan fingerprint density at radius 3 is 2.50 bits per heavy atom. The van der Waals surface area contributed by atoms with Gasteiger partial charge in [0.1, 0.15) is 6.04 Å². The first kappa shape index (κ1) is 15.3. The molecule has 0 radical (unpaired) electrons. The average molecular weight is 287 g/mol. The number of aliphatic hydroxyl groups is 1. The number of rotatable bonds is 4. The highest BCUT2D eigenvalue weighted by Gasteiger charge is 2.40. The summed E-state index contributed by atoms with van der Waals surface area (Å²) >= 11 is 0. The van der Waals surface area contributed by atoms with Gasteiger partial charge in [0.25, 0.3) is 0 Å². The van der Waals surface area contributed by atoms with Crippen molar-refractivity contribution in [3.05, 3.63) is 35.9 Å². The average Bonchev–Trinajstić information content (AvgIpc) is 2.39. The van der Waals surface area contributed by atoms with E-state index in [4.69, 9.17) is 0 Å². The largest absolute Gasteiger partial charge is 0.407 e. The molecule has 1 fully saturated rings. The van der Waals surface area contributed by atoms with Crippen LogP contribution >= 0.6 is 0 Å². The van der Waals surface area contributed by atoms with Crippen LogP contribution in [0.1, 0.15) is 37.3 Å². The molecular formula is C15H20F3NO. The third kappa shape index (κ3) is 4.21. The molecule has 5 heteroatoms. The molecular weight excluding hydrogens is 267 g/mol. The molecule has 0 bridgehead atoms. The summed E-state index contributed by atoms with van der Waals surface area (Å²) in [5.41, 5.74) is 0.233. The van der Waals surface area contributed by atoms with Gasteiger partial charge in [0.05, 0.1) is 6.10 Å². The molecule has 0 spiro atoms. The molecule has 20 heavy (non-hydrogen) atoms. The van der Waals surface area contributed by atoms with Gasteiger partial charge < -0.3 is 10.4 Å². The van der Waals surface area contributed by atoms with Gasteiger partial charge in [0.2, 0.25) is 0 Å². The normalized spacial score (nSPS) is 25.4.